The Labute approximate surface area is 182 Å². The van der Waals surface area contributed by atoms with Crippen LogP contribution in [0.2, 0.25) is 0 Å². The maximum atomic E-state index is 11.8. The Bertz CT molecular complexity index is 1020. The van der Waals surface area contributed by atoms with Gasteiger partial charge in [0.05, 0.1) is 25.1 Å². The van der Waals surface area contributed by atoms with Gasteiger partial charge in [-0.05, 0) is 43.6 Å². The second-order valence-electron chi connectivity index (χ2n) is 8.06. The first-order valence-electron chi connectivity index (χ1n) is 10.7. The summed E-state index contributed by atoms with van der Waals surface area (Å²) in [7, 11) is 0. The van der Waals surface area contributed by atoms with Crippen LogP contribution in [0.4, 0.5) is 11.8 Å². The molecule has 31 heavy (non-hydrogen) atoms. The fraction of sp³-hybridized carbons (Fsp3) is 0.417. The molecule has 7 heteroatoms. The van der Waals surface area contributed by atoms with E-state index < -0.39 is 0 Å². The third kappa shape index (κ3) is 5.28. The van der Waals surface area contributed by atoms with Crippen LogP contribution in [0, 0.1) is 25.2 Å². The summed E-state index contributed by atoms with van der Waals surface area (Å²) in [5.41, 5.74) is 7.34. The molecule has 1 aromatic heterocycles. The number of ketones is 1. The van der Waals surface area contributed by atoms with Gasteiger partial charge in [0.15, 0.2) is 0 Å². The van der Waals surface area contributed by atoms with Crippen molar-refractivity contribution < 1.29 is 9.53 Å². The molecule has 1 N–H and O–H groups in total. The lowest BCUT2D eigenvalue weighted by Crippen LogP contribution is -2.38. The normalized spacial score (nSPS) is 18.5. The summed E-state index contributed by atoms with van der Waals surface area (Å²) in [4.78, 5) is 23.5. The Kier molecular flexibility index (Phi) is 6.58. The lowest BCUT2D eigenvalue weighted by Gasteiger charge is -2.33. The number of benzene rings is 1. The van der Waals surface area contributed by atoms with Gasteiger partial charge in [0.1, 0.15) is 5.82 Å². The zero-order chi connectivity index (χ0) is 21.6. The van der Waals surface area contributed by atoms with Crippen LogP contribution in [0.1, 0.15) is 35.2 Å². The Morgan fingerprint density at radius 3 is 3.00 bits per heavy atom. The van der Waals surface area contributed by atoms with Crippen molar-refractivity contribution in [3.63, 3.8) is 0 Å². The molecule has 2 aliphatic rings. The number of ether oxygens (including phenoxy) is 1. The summed E-state index contributed by atoms with van der Waals surface area (Å²) in [6, 6.07) is 8.12. The second kappa shape index (κ2) is 9.71. The van der Waals surface area contributed by atoms with E-state index in [9.17, 15) is 4.79 Å². The van der Waals surface area contributed by atoms with Gasteiger partial charge in [0.2, 0.25) is 11.7 Å². The topological polar surface area (TPSA) is 79.7 Å². The molecule has 1 unspecified atom stereocenters. The van der Waals surface area contributed by atoms with Gasteiger partial charge in [-0.2, -0.15) is 10.1 Å². The van der Waals surface area contributed by atoms with Gasteiger partial charge in [-0.25, -0.2) is 10.4 Å². The first-order chi connectivity index (χ1) is 15.1. The van der Waals surface area contributed by atoms with Crippen molar-refractivity contribution in [1.82, 2.24) is 9.97 Å². The van der Waals surface area contributed by atoms with Crippen LogP contribution in [-0.2, 0) is 22.4 Å². The number of anilines is 2. The molecule has 0 radical (unpaired) electrons. The number of aryl methyl sites for hydroxylation is 2. The number of aromatic nitrogens is 2. The Morgan fingerprint density at radius 2 is 2.23 bits per heavy atom. The van der Waals surface area contributed by atoms with Gasteiger partial charge >= 0.3 is 0 Å². The summed E-state index contributed by atoms with van der Waals surface area (Å²) in [5, 5.41) is 4.34. The van der Waals surface area contributed by atoms with Gasteiger partial charge in [0, 0.05) is 25.1 Å². The van der Waals surface area contributed by atoms with Crippen molar-refractivity contribution in [3.05, 3.63) is 46.6 Å². The summed E-state index contributed by atoms with van der Waals surface area (Å²) >= 11 is 0. The lowest BCUT2D eigenvalue weighted by atomic mass is 9.83. The molecular weight excluding hydrogens is 390 g/mol. The Morgan fingerprint density at radius 1 is 1.39 bits per heavy atom. The van der Waals surface area contributed by atoms with Crippen LogP contribution in [-0.4, -0.2) is 48.3 Å². The van der Waals surface area contributed by atoms with E-state index in [4.69, 9.17) is 21.1 Å². The average molecular weight is 418 g/mol. The molecule has 0 saturated carbocycles. The molecule has 2 heterocycles. The molecule has 7 nitrogen and oxygen atoms in total. The summed E-state index contributed by atoms with van der Waals surface area (Å²) in [6.45, 7) is 4.96. The van der Waals surface area contributed by atoms with Gasteiger partial charge in [-0.15, -0.1) is 6.42 Å². The first-order valence-corrected chi connectivity index (χ1v) is 10.7. The van der Waals surface area contributed by atoms with E-state index in [-0.39, 0.29) is 11.7 Å². The number of rotatable bonds is 6. The molecule has 160 valence electrons. The predicted molar refractivity (Wildman–Crippen MR) is 121 cm³/mol. The fourth-order valence-corrected chi connectivity index (χ4v) is 4.16. The third-order valence-corrected chi connectivity index (χ3v) is 5.72. The highest BCUT2D eigenvalue weighted by Crippen LogP contribution is 2.33. The van der Waals surface area contributed by atoms with Crippen LogP contribution >= 0.6 is 0 Å². The van der Waals surface area contributed by atoms with E-state index in [0.29, 0.717) is 25.6 Å². The Balaban J connectivity index is 1.58. The van der Waals surface area contributed by atoms with Crippen LogP contribution in [0.15, 0.2) is 29.4 Å². The number of morpholine rings is 1. The maximum Gasteiger partial charge on any atom is 0.245 e. The molecule has 1 aliphatic heterocycles. The quantitative estimate of drug-likeness (QED) is 0.337. The van der Waals surface area contributed by atoms with Crippen LogP contribution < -0.4 is 10.3 Å². The molecule has 0 spiro atoms. The monoisotopic (exact) mass is 417 g/mol. The van der Waals surface area contributed by atoms with Crippen molar-refractivity contribution >= 4 is 23.8 Å². The maximum absolute atomic E-state index is 11.8. The molecule has 4 rings (SSSR count). The van der Waals surface area contributed by atoms with E-state index >= 15 is 0 Å². The van der Waals surface area contributed by atoms with E-state index in [1.54, 1.807) is 6.21 Å². The number of carbonyl (C=O) groups is 1. The number of terminal acetylenes is 1. The zero-order valence-corrected chi connectivity index (χ0v) is 17.8. The van der Waals surface area contributed by atoms with E-state index in [1.165, 1.54) is 5.56 Å². The smallest absolute Gasteiger partial charge is 0.245 e. The van der Waals surface area contributed by atoms with Crippen LogP contribution in [0.25, 0.3) is 0 Å². The molecule has 0 amide bonds. The SMILES string of the molecule is C#CC(=O)CC1CCc2nc(N/N=C/c3cccc(C)c3)nc(N3CCOCC3)c2C1. The minimum absolute atomic E-state index is 0.133. The molecule has 1 aromatic carbocycles. The molecular formula is C24H27N5O2. The average Bonchev–Trinajstić information content (AvgIpc) is 2.79. The van der Waals surface area contributed by atoms with Gasteiger partial charge in [0.25, 0.3) is 0 Å². The van der Waals surface area contributed by atoms with Crippen molar-refractivity contribution in [2.45, 2.75) is 32.6 Å². The molecule has 1 aliphatic carbocycles. The predicted octanol–water partition coefficient (Wildman–Crippen LogP) is 2.76. The molecule has 1 atom stereocenters. The number of hydrazone groups is 1. The van der Waals surface area contributed by atoms with Crippen molar-refractivity contribution in [2.24, 2.45) is 11.0 Å². The minimum atomic E-state index is -0.133. The number of hydrogen-bond donors (Lipinski definition) is 1. The number of fused-ring (bicyclic) bond motifs is 1. The largest absolute Gasteiger partial charge is 0.378 e. The standard InChI is InChI=1S/C24H27N5O2/c1-3-20(30)14-18-7-8-22-21(15-18)23(29-9-11-31-12-10-29)27-24(26-22)28-25-16-19-6-4-5-17(2)13-19/h1,4-6,13,16,18H,7-12,14-15H2,2H3,(H,26,27,28)/b25-16+. The molecule has 1 fully saturated rings. The highest BCUT2D eigenvalue weighted by atomic mass is 16.5. The third-order valence-electron chi connectivity index (χ3n) is 5.72. The molecule has 2 aromatic rings. The van der Waals surface area contributed by atoms with E-state index in [2.05, 4.69) is 40.4 Å². The number of Topliss-reactive ketones (excluding diaryl/α,β-unsaturated/α-hetero) is 1. The lowest BCUT2D eigenvalue weighted by molar-refractivity contribution is -0.114. The van der Waals surface area contributed by atoms with Crippen LogP contribution in [0.5, 0.6) is 0 Å². The summed E-state index contributed by atoms with van der Waals surface area (Å²) in [6.07, 6.45) is 9.93. The van der Waals surface area contributed by atoms with Crippen molar-refractivity contribution in [2.75, 3.05) is 36.6 Å². The van der Waals surface area contributed by atoms with Gasteiger partial charge in [-0.3, -0.25) is 4.79 Å². The molecule has 0 bridgehead atoms. The zero-order valence-electron chi connectivity index (χ0n) is 17.8. The van der Waals surface area contributed by atoms with Gasteiger partial charge in [-0.1, -0.05) is 29.8 Å². The summed E-state index contributed by atoms with van der Waals surface area (Å²) < 4.78 is 5.52. The number of nitrogens with zero attached hydrogens (tertiary/aromatic N) is 4. The van der Waals surface area contributed by atoms with Crippen LogP contribution in [0.3, 0.4) is 0 Å². The van der Waals surface area contributed by atoms with Crippen molar-refractivity contribution in [3.8, 4) is 12.3 Å². The van der Waals surface area contributed by atoms with E-state index in [0.717, 1.165) is 55.0 Å². The summed E-state index contributed by atoms with van der Waals surface area (Å²) in [5.74, 6) is 3.75. The highest BCUT2D eigenvalue weighted by Gasteiger charge is 2.28. The molecule has 1 saturated heterocycles. The van der Waals surface area contributed by atoms with Crippen molar-refractivity contribution in [1.29, 1.82) is 0 Å². The van der Waals surface area contributed by atoms with Gasteiger partial charge < -0.3 is 9.64 Å². The van der Waals surface area contributed by atoms with E-state index in [1.807, 2.05) is 12.1 Å². The fourth-order valence-electron chi connectivity index (χ4n) is 4.16. The Hall–Kier alpha value is -3.24. The highest BCUT2D eigenvalue weighted by molar-refractivity contribution is 5.95. The first kappa shape index (κ1) is 21.0. The number of carbonyl (C=O) groups excluding carboxylic acids is 1. The number of hydrogen-bond acceptors (Lipinski definition) is 7. The number of nitrogens with one attached hydrogen (secondary N) is 1. The second-order valence-corrected chi connectivity index (χ2v) is 8.06. The minimum Gasteiger partial charge on any atom is -0.378 e.